The molecule has 0 bridgehead atoms. The van der Waals surface area contributed by atoms with Crippen LogP contribution in [0.3, 0.4) is 0 Å². The van der Waals surface area contributed by atoms with Gasteiger partial charge < -0.3 is 15.6 Å². The lowest BCUT2D eigenvalue weighted by atomic mass is 10.1. The number of carbonyl (C=O) groups excluding carboxylic acids is 2. The summed E-state index contributed by atoms with van der Waals surface area (Å²) >= 11 is 0. The molecule has 1 aromatic heterocycles. The van der Waals surface area contributed by atoms with Crippen LogP contribution >= 0.6 is 0 Å². The molecule has 1 saturated heterocycles. The third-order valence-corrected chi connectivity index (χ3v) is 6.56. The van der Waals surface area contributed by atoms with Gasteiger partial charge in [-0.1, -0.05) is 12.1 Å². The molecule has 0 spiro atoms. The molecule has 1 aromatic carbocycles. The van der Waals surface area contributed by atoms with Gasteiger partial charge in [0.2, 0.25) is 15.9 Å². The van der Waals surface area contributed by atoms with Crippen molar-refractivity contribution in [3.63, 3.8) is 0 Å². The largest absolute Gasteiger partial charge is 0.368 e. The van der Waals surface area contributed by atoms with Gasteiger partial charge in [0.15, 0.2) is 0 Å². The van der Waals surface area contributed by atoms with E-state index in [2.05, 4.69) is 4.98 Å². The highest BCUT2D eigenvalue weighted by Crippen LogP contribution is 2.27. The molecule has 1 aliphatic rings. The van der Waals surface area contributed by atoms with Gasteiger partial charge in [0.05, 0.1) is 0 Å². The number of likely N-dealkylation sites (N-methyl/N-ethyl adjacent to an activating group) is 1. The zero-order valence-corrected chi connectivity index (χ0v) is 16.1. The Morgan fingerprint density at radius 3 is 2.54 bits per heavy atom. The zero-order chi connectivity index (χ0) is 20.5. The predicted molar refractivity (Wildman–Crippen MR) is 99.2 cm³/mol. The molecule has 0 saturated carbocycles. The van der Waals surface area contributed by atoms with Crippen LogP contribution in [0.4, 0.5) is 4.39 Å². The Bertz CT molecular complexity index is 999. The second-order valence-corrected chi connectivity index (χ2v) is 8.63. The molecule has 0 radical (unpaired) electrons. The van der Waals surface area contributed by atoms with Crippen LogP contribution in [0.2, 0.25) is 0 Å². The van der Waals surface area contributed by atoms with E-state index in [9.17, 15) is 22.4 Å². The molecule has 0 aliphatic carbocycles. The molecule has 2 heterocycles. The normalized spacial score (nSPS) is 15.8. The third kappa shape index (κ3) is 3.78. The summed E-state index contributed by atoms with van der Waals surface area (Å²) in [6.45, 7) is 1.26. The van der Waals surface area contributed by atoms with E-state index in [1.807, 2.05) is 0 Å². The smallest absolute Gasteiger partial charge is 0.270 e. The summed E-state index contributed by atoms with van der Waals surface area (Å²) in [6, 6.07) is 4.86. The quantitative estimate of drug-likeness (QED) is 0.748. The summed E-state index contributed by atoms with van der Waals surface area (Å²) < 4.78 is 40.3. The Labute approximate surface area is 162 Å². The van der Waals surface area contributed by atoms with Crippen molar-refractivity contribution in [2.75, 3.05) is 20.1 Å². The summed E-state index contributed by atoms with van der Waals surface area (Å²) in [7, 11) is -2.99. The number of nitrogens with one attached hydrogen (secondary N) is 1. The lowest BCUT2D eigenvalue weighted by molar-refractivity contribution is -0.121. The number of hydrogen-bond acceptors (Lipinski definition) is 4. The van der Waals surface area contributed by atoms with Crippen LogP contribution in [0.25, 0.3) is 0 Å². The van der Waals surface area contributed by atoms with Crippen LogP contribution in [-0.4, -0.2) is 54.6 Å². The molecule has 3 rings (SSSR count). The summed E-state index contributed by atoms with van der Waals surface area (Å²) in [5, 5.41) is 0. The maximum atomic E-state index is 13.5. The van der Waals surface area contributed by atoms with Gasteiger partial charge in [-0.25, -0.2) is 12.8 Å². The summed E-state index contributed by atoms with van der Waals surface area (Å²) in [4.78, 5) is 28.5. The van der Waals surface area contributed by atoms with Gasteiger partial charge in [-0.2, -0.15) is 4.31 Å². The van der Waals surface area contributed by atoms with Gasteiger partial charge in [-0.15, -0.1) is 0 Å². The Morgan fingerprint density at radius 2 is 1.93 bits per heavy atom. The van der Waals surface area contributed by atoms with Gasteiger partial charge in [0.25, 0.3) is 5.91 Å². The molecule has 28 heavy (non-hydrogen) atoms. The minimum absolute atomic E-state index is 0.113. The summed E-state index contributed by atoms with van der Waals surface area (Å²) in [5.74, 6) is -1.84. The van der Waals surface area contributed by atoms with Crippen molar-refractivity contribution in [2.24, 2.45) is 5.73 Å². The molecule has 8 nitrogen and oxygen atoms in total. The number of amides is 2. The second kappa shape index (κ2) is 7.72. The van der Waals surface area contributed by atoms with Crippen LogP contribution in [0.5, 0.6) is 0 Å². The van der Waals surface area contributed by atoms with Crippen molar-refractivity contribution < 1.29 is 22.4 Å². The molecule has 150 valence electrons. The van der Waals surface area contributed by atoms with Crippen LogP contribution < -0.4 is 5.73 Å². The number of nitrogens with two attached hydrogens (primary N) is 1. The van der Waals surface area contributed by atoms with Gasteiger partial charge in [-0.05, 0) is 36.6 Å². The number of primary amides is 1. The zero-order valence-electron chi connectivity index (χ0n) is 15.3. The molecule has 1 fully saturated rings. The molecular weight excluding hydrogens is 387 g/mol. The van der Waals surface area contributed by atoms with Gasteiger partial charge in [-0.3, -0.25) is 9.59 Å². The maximum Gasteiger partial charge on any atom is 0.270 e. The number of nitrogens with zero attached hydrogens (tertiary/aromatic N) is 2. The molecular formula is C18H21FN4O4S. The highest BCUT2D eigenvalue weighted by Gasteiger charge is 2.34. The number of sulfonamides is 1. The number of benzene rings is 1. The van der Waals surface area contributed by atoms with E-state index in [1.165, 1.54) is 37.5 Å². The van der Waals surface area contributed by atoms with Crippen molar-refractivity contribution in [2.45, 2.75) is 23.8 Å². The third-order valence-electron chi connectivity index (χ3n) is 4.75. The fraction of sp³-hybridized carbons (Fsp3) is 0.333. The van der Waals surface area contributed by atoms with Crippen molar-refractivity contribution in [1.29, 1.82) is 0 Å². The van der Waals surface area contributed by atoms with Gasteiger partial charge >= 0.3 is 0 Å². The number of hydrogen-bond donors (Lipinski definition) is 2. The minimum atomic E-state index is -4.17. The Morgan fingerprint density at radius 1 is 1.25 bits per heavy atom. The minimum Gasteiger partial charge on any atom is -0.368 e. The molecule has 10 heteroatoms. The molecule has 2 amide bonds. The summed E-state index contributed by atoms with van der Waals surface area (Å²) in [6.07, 6.45) is 3.02. The van der Waals surface area contributed by atoms with Crippen molar-refractivity contribution in [3.05, 3.63) is 53.6 Å². The lowest BCUT2D eigenvalue weighted by Gasteiger charge is -2.25. The monoisotopic (exact) mass is 408 g/mol. The van der Waals surface area contributed by atoms with Gasteiger partial charge in [0.1, 0.15) is 22.4 Å². The molecule has 1 unspecified atom stereocenters. The Hall–Kier alpha value is -2.72. The highest BCUT2D eigenvalue weighted by molar-refractivity contribution is 7.89. The Kier molecular flexibility index (Phi) is 5.52. The van der Waals surface area contributed by atoms with Crippen LogP contribution in [-0.2, 0) is 14.8 Å². The predicted octanol–water partition coefficient (Wildman–Crippen LogP) is 1.24. The number of carbonyl (C=O) groups is 2. The van der Waals surface area contributed by atoms with E-state index in [0.29, 0.717) is 13.1 Å². The average Bonchev–Trinajstić information content (AvgIpc) is 3.33. The van der Waals surface area contributed by atoms with Crippen LogP contribution in [0, 0.1) is 5.82 Å². The van der Waals surface area contributed by atoms with E-state index >= 15 is 0 Å². The summed E-state index contributed by atoms with van der Waals surface area (Å²) in [5.41, 5.74) is 5.66. The molecule has 1 aliphatic heterocycles. The number of rotatable bonds is 6. The molecule has 1 atom stereocenters. The first-order chi connectivity index (χ1) is 13.2. The molecule has 3 N–H and O–H groups in total. The SMILES string of the molecule is CN(C(C(N)=O)c1cccc(F)c1)S(=O)(=O)c1c[nH]c(C(=O)N2CCCC2)c1. The number of halogens is 1. The van der Waals surface area contributed by atoms with E-state index in [-0.39, 0.29) is 22.1 Å². The first-order valence-corrected chi connectivity index (χ1v) is 10.2. The van der Waals surface area contributed by atoms with E-state index in [4.69, 9.17) is 5.73 Å². The topological polar surface area (TPSA) is 117 Å². The van der Waals surface area contributed by atoms with Gasteiger partial charge in [0, 0.05) is 26.3 Å². The average molecular weight is 408 g/mol. The maximum absolute atomic E-state index is 13.5. The van der Waals surface area contributed by atoms with Crippen molar-refractivity contribution >= 4 is 21.8 Å². The fourth-order valence-corrected chi connectivity index (χ4v) is 4.58. The fourth-order valence-electron chi connectivity index (χ4n) is 3.27. The Balaban J connectivity index is 1.90. The van der Waals surface area contributed by atoms with E-state index < -0.39 is 27.8 Å². The number of likely N-dealkylation sites (tertiary alicyclic amines) is 1. The van der Waals surface area contributed by atoms with Crippen molar-refractivity contribution in [3.8, 4) is 0 Å². The standard InChI is InChI=1S/C18H21FN4O4S/c1-22(16(17(20)24)12-5-4-6-13(19)9-12)28(26,27)14-10-15(21-11-14)18(25)23-7-2-3-8-23/h4-6,9-11,16,21H,2-3,7-8H2,1H3,(H2,20,24). The number of aromatic amines is 1. The first kappa shape index (κ1) is 20.0. The second-order valence-electron chi connectivity index (χ2n) is 6.63. The number of H-pyrrole nitrogens is 1. The van der Waals surface area contributed by atoms with E-state index in [0.717, 1.165) is 23.2 Å². The highest BCUT2D eigenvalue weighted by atomic mass is 32.2. The van der Waals surface area contributed by atoms with Crippen LogP contribution in [0.1, 0.15) is 34.9 Å². The van der Waals surface area contributed by atoms with Crippen LogP contribution in [0.15, 0.2) is 41.4 Å². The van der Waals surface area contributed by atoms with Crippen molar-refractivity contribution in [1.82, 2.24) is 14.2 Å². The number of aromatic nitrogens is 1. The first-order valence-electron chi connectivity index (χ1n) is 8.72. The lowest BCUT2D eigenvalue weighted by Crippen LogP contribution is -2.39. The molecule has 2 aromatic rings. The van der Waals surface area contributed by atoms with E-state index in [1.54, 1.807) is 4.90 Å².